The highest BCUT2D eigenvalue weighted by Crippen LogP contribution is 2.20. The van der Waals surface area contributed by atoms with Gasteiger partial charge in [0.2, 0.25) is 0 Å². The number of anilines is 1. The molecular weight excluding hydrogens is 372 g/mol. The van der Waals surface area contributed by atoms with E-state index in [1.165, 1.54) is 0 Å². The SMILES string of the molecule is Nc1ccc(C(=O)NCc2ccc(Br)cc2)cc1Br. The van der Waals surface area contributed by atoms with Crippen LogP contribution in [-0.4, -0.2) is 5.91 Å². The normalized spacial score (nSPS) is 10.2. The van der Waals surface area contributed by atoms with E-state index in [2.05, 4.69) is 37.2 Å². The summed E-state index contributed by atoms with van der Waals surface area (Å²) >= 11 is 6.68. The number of halogens is 2. The second-order valence-corrected chi connectivity index (χ2v) is 5.82. The predicted molar refractivity (Wildman–Crippen MR) is 83.9 cm³/mol. The van der Waals surface area contributed by atoms with Crippen LogP contribution in [0.25, 0.3) is 0 Å². The summed E-state index contributed by atoms with van der Waals surface area (Å²) < 4.78 is 1.74. The van der Waals surface area contributed by atoms with Gasteiger partial charge in [0, 0.05) is 26.7 Å². The standard InChI is InChI=1S/C14H12Br2N2O/c15-11-4-1-9(2-5-11)8-18-14(19)10-3-6-13(17)12(16)7-10/h1-7H,8,17H2,(H,18,19). The van der Waals surface area contributed by atoms with E-state index in [4.69, 9.17) is 5.73 Å². The van der Waals surface area contributed by atoms with Gasteiger partial charge in [0.05, 0.1) is 0 Å². The smallest absolute Gasteiger partial charge is 0.251 e. The van der Waals surface area contributed by atoms with Gasteiger partial charge >= 0.3 is 0 Å². The fourth-order valence-electron chi connectivity index (χ4n) is 1.56. The van der Waals surface area contributed by atoms with Crippen LogP contribution < -0.4 is 11.1 Å². The molecule has 3 nitrogen and oxygen atoms in total. The van der Waals surface area contributed by atoms with Crippen LogP contribution in [0.15, 0.2) is 51.4 Å². The Balaban J connectivity index is 2.01. The molecule has 0 radical (unpaired) electrons. The highest BCUT2D eigenvalue weighted by atomic mass is 79.9. The van der Waals surface area contributed by atoms with Gasteiger partial charge in [-0.2, -0.15) is 0 Å². The Labute approximate surface area is 128 Å². The van der Waals surface area contributed by atoms with Crippen LogP contribution in [0.3, 0.4) is 0 Å². The molecular formula is C14H12Br2N2O. The zero-order valence-electron chi connectivity index (χ0n) is 9.99. The van der Waals surface area contributed by atoms with E-state index in [0.717, 1.165) is 14.5 Å². The monoisotopic (exact) mass is 382 g/mol. The van der Waals surface area contributed by atoms with E-state index in [0.29, 0.717) is 17.8 Å². The minimum absolute atomic E-state index is 0.122. The van der Waals surface area contributed by atoms with Crippen LogP contribution in [-0.2, 0) is 6.54 Å². The van der Waals surface area contributed by atoms with Gasteiger partial charge in [0.25, 0.3) is 5.91 Å². The van der Waals surface area contributed by atoms with E-state index < -0.39 is 0 Å². The molecule has 98 valence electrons. The van der Waals surface area contributed by atoms with Gasteiger partial charge < -0.3 is 11.1 Å². The molecule has 3 N–H and O–H groups in total. The van der Waals surface area contributed by atoms with Crippen LogP contribution in [0.1, 0.15) is 15.9 Å². The van der Waals surface area contributed by atoms with Crippen molar-refractivity contribution in [1.82, 2.24) is 5.32 Å². The number of carbonyl (C=O) groups excluding carboxylic acids is 1. The van der Waals surface area contributed by atoms with E-state index in [9.17, 15) is 4.79 Å². The first-order chi connectivity index (χ1) is 9.06. The third-order valence-electron chi connectivity index (χ3n) is 2.63. The Morgan fingerprint density at radius 3 is 2.42 bits per heavy atom. The maximum absolute atomic E-state index is 12.0. The van der Waals surface area contributed by atoms with Crippen molar-refractivity contribution in [3.8, 4) is 0 Å². The van der Waals surface area contributed by atoms with Crippen molar-refractivity contribution in [1.29, 1.82) is 0 Å². The fraction of sp³-hybridized carbons (Fsp3) is 0.0714. The van der Waals surface area contributed by atoms with Crippen molar-refractivity contribution < 1.29 is 4.79 Å². The second-order valence-electron chi connectivity index (χ2n) is 4.05. The third-order valence-corrected chi connectivity index (χ3v) is 3.84. The molecule has 0 aliphatic carbocycles. The molecule has 0 bridgehead atoms. The number of rotatable bonds is 3. The van der Waals surface area contributed by atoms with Crippen LogP contribution in [0.4, 0.5) is 5.69 Å². The highest BCUT2D eigenvalue weighted by molar-refractivity contribution is 9.10. The second kappa shape index (κ2) is 6.21. The summed E-state index contributed by atoms with van der Waals surface area (Å²) in [5.41, 5.74) is 7.93. The van der Waals surface area contributed by atoms with Gasteiger partial charge in [-0.3, -0.25) is 4.79 Å². The molecule has 0 fully saturated rings. The summed E-state index contributed by atoms with van der Waals surface area (Å²) in [5.74, 6) is -0.122. The Morgan fingerprint density at radius 1 is 1.11 bits per heavy atom. The lowest BCUT2D eigenvalue weighted by Crippen LogP contribution is -2.22. The van der Waals surface area contributed by atoms with E-state index in [-0.39, 0.29) is 5.91 Å². The van der Waals surface area contributed by atoms with Crippen molar-refractivity contribution in [3.05, 3.63) is 62.5 Å². The third kappa shape index (κ3) is 3.81. The first-order valence-corrected chi connectivity index (χ1v) is 7.22. The molecule has 0 saturated heterocycles. The molecule has 2 rings (SSSR count). The summed E-state index contributed by atoms with van der Waals surface area (Å²) in [6.45, 7) is 0.494. The van der Waals surface area contributed by atoms with Crippen molar-refractivity contribution >= 4 is 43.5 Å². The van der Waals surface area contributed by atoms with Crippen LogP contribution in [0.5, 0.6) is 0 Å². The number of hydrogen-bond donors (Lipinski definition) is 2. The molecule has 0 saturated carbocycles. The van der Waals surface area contributed by atoms with Gasteiger partial charge in [-0.15, -0.1) is 0 Å². The molecule has 2 aromatic rings. The summed E-state index contributed by atoms with van der Waals surface area (Å²) in [5, 5.41) is 2.87. The van der Waals surface area contributed by atoms with E-state index in [1.807, 2.05) is 24.3 Å². The van der Waals surface area contributed by atoms with Crippen molar-refractivity contribution in [2.45, 2.75) is 6.54 Å². The Hall–Kier alpha value is -1.33. The summed E-state index contributed by atoms with van der Waals surface area (Å²) in [4.78, 5) is 12.0. The molecule has 0 heterocycles. The number of nitrogens with two attached hydrogens (primary N) is 1. The zero-order chi connectivity index (χ0) is 13.8. The van der Waals surface area contributed by atoms with Gasteiger partial charge in [-0.05, 0) is 51.8 Å². The molecule has 19 heavy (non-hydrogen) atoms. The van der Waals surface area contributed by atoms with Crippen molar-refractivity contribution in [2.24, 2.45) is 0 Å². The Bertz CT molecular complexity index is 597. The molecule has 0 atom stereocenters. The highest BCUT2D eigenvalue weighted by Gasteiger charge is 2.07. The minimum atomic E-state index is -0.122. The topological polar surface area (TPSA) is 55.1 Å². The first kappa shape index (κ1) is 14.1. The fourth-order valence-corrected chi connectivity index (χ4v) is 2.20. The Kier molecular flexibility index (Phi) is 4.61. The zero-order valence-corrected chi connectivity index (χ0v) is 13.2. The number of hydrogen-bond acceptors (Lipinski definition) is 2. The number of benzene rings is 2. The first-order valence-electron chi connectivity index (χ1n) is 5.64. The minimum Gasteiger partial charge on any atom is -0.398 e. The molecule has 5 heteroatoms. The van der Waals surface area contributed by atoms with Crippen molar-refractivity contribution in [2.75, 3.05) is 5.73 Å². The molecule has 1 amide bonds. The van der Waals surface area contributed by atoms with Gasteiger partial charge in [0.15, 0.2) is 0 Å². The largest absolute Gasteiger partial charge is 0.398 e. The van der Waals surface area contributed by atoms with Crippen LogP contribution in [0, 0.1) is 0 Å². The summed E-state index contributed by atoms with van der Waals surface area (Å²) in [6, 6.07) is 12.9. The predicted octanol–water partition coefficient (Wildman–Crippen LogP) is 3.72. The maximum Gasteiger partial charge on any atom is 0.251 e. The average molecular weight is 384 g/mol. The quantitative estimate of drug-likeness (QED) is 0.793. The lowest BCUT2D eigenvalue weighted by molar-refractivity contribution is 0.0951. The number of nitrogen functional groups attached to an aromatic ring is 1. The Morgan fingerprint density at radius 2 is 1.79 bits per heavy atom. The van der Waals surface area contributed by atoms with Crippen LogP contribution >= 0.6 is 31.9 Å². The maximum atomic E-state index is 12.0. The molecule has 0 spiro atoms. The number of amides is 1. The van der Waals surface area contributed by atoms with Gasteiger partial charge in [-0.25, -0.2) is 0 Å². The average Bonchev–Trinajstić information content (AvgIpc) is 2.41. The van der Waals surface area contributed by atoms with E-state index in [1.54, 1.807) is 18.2 Å². The van der Waals surface area contributed by atoms with E-state index >= 15 is 0 Å². The number of nitrogens with one attached hydrogen (secondary N) is 1. The molecule has 2 aromatic carbocycles. The lowest BCUT2D eigenvalue weighted by atomic mass is 10.2. The summed E-state index contributed by atoms with van der Waals surface area (Å²) in [7, 11) is 0. The molecule has 0 aromatic heterocycles. The lowest BCUT2D eigenvalue weighted by Gasteiger charge is -2.07. The van der Waals surface area contributed by atoms with Gasteiger partial charge in [0.1, 0.15) is 0 Å². The van der Waals surface area contributed by atoms with Crippen molar-refractivity contribution in [3.63, 3.8) is 0 Å². The molecule has 0 aliphatic rings. The molecule has 0 unspecified atom stereocenters. The number of carbonyl (C=O) groups is 1. The van der Waals surface area contributed by atoms with Crippen LogP contribution in [0.2, 0.25) is 0 Å². The van der Waals surface area contributed by atoms with Gasteiger partial charge in [-0.1, -0.05) is 28.1 Å². The summed E-state index contributed by atoms with van der Waals surface area (Å²) in [6.07, 6.45) is 0. The molecule has 0 aliphatic heterocycles.